The summed E-state index contributed by atoms with van der Waals surface area (Å²) in [6.45, 7) is 5.71. The van der Waals surface area contributed by atoms with E-state index in [2.05, 4.69) is 27.7 Å². The zero-order valence-electron chi connectivity index (χ0n) is 13.7. The first-order chi connectivity index (χ1) is 11.3. The molecule has 1 fully saturated rings. The lowest BCUT2D eigenvalue weighted by molar-refractivity contribution is -0.665. The van der Waals surface area contributed by atoms with Crippen molar-refractivity contribution in [3.63, 3.8) is 0 Å². The van der Waals surface area contributed by atoms with Gasteiger partial charge in [0, 0.05) is 24.8 Å². The van der Waals surface area contributed by atoms with E-state index >= 15 is 0 Å². The Labute approximate surface area is 145 Å². The molecule has 1 heterocycles. The van der Waals surface area contributed by atoms with Gasteiger partial charge in [0.05, 0.1) is 28.9 Å². The number of nitrogens with two attached hydrogens (primary N) is 1. The predicted octanol–water partition coefficient (Wildman–Crippen LogP) is 2.24. The summed E-state index contributed by atoms with van der Waals surface area (Å²) in [6.07, 6.45) is 1.90. The second kappa shape index (κ2) is 7.61. The Kier molecular flexibility index (Phi) is 5.77. The summed E-state index contributed by atoms with van der Waals surface area (Å²) in [7, 11) is 0. The molecule has 2 rings (SSSR count). The number of piperidine rings is 1. The minimum absolute atomic E-state index is 0.0845. The number of nitro benzene ring substituents is 1. The van der Waals surface area contributed by atoms with Crippen molar-refractivity contribution in [2.24, 2.45) is 10.9 Å². The molecule has 1 aliphatic rings. The molecule has 0 spiro atoms. The van der Waals surface area contributed by atoms with Gasteiger partial charge in [-0.1, -0.05) is 0 Å². The van der Waals surface area contributed by atoms with Gasteiger partial charge in [-0.05, 0) is 38.2 Å². The molecule has 0 amide bonds. The number of carbonyl (C=O) groups excluding carboxylic acids is 1. The van der Waals surface area contributed by atoms with Crippen molar-refractivity contribution in [1.29, 1.82) is 0 Å². The summed E-state index contributed by atoms with van der Waals surface area (Å²) in [5.74, 6) is -0.455. The molecule has 0 saturated carbocycles. The van der Waals surface area contributed by atoms with Crippen LogP contribution < -0.4 is 5.32 Å². The third-order valence-electron chi connectivity index (χ3n) is 4.35. The molecule has 0 aliphatic carbocycles. The maximum absolute atomic E-state index is 12.5. The number of thiocarbonyl (C=S) groups is 1. The molecule has 0 unspecified atom stereocenters. The van der Waals surface area contributed by atoms with Gasteiger partial charge in [0.1, 0.15) is 11.2 Å². The van der Waals surface area contributed by atoms with Crippen molar-refractivity contribution in [1.82, 2.24) is 0 Å². The van der Waals surface area contributed by atoms with Crippen LogP contribution in [0.4, 0.5) is 11.4 Å². The molecule has 24 heavy (non-hydrogen) atoms. The SMILES string of the molecule is CC(C)(OC(=O)c1ccc(N=C=S)cc1[N+](=O)[O-])C1CC[NH2+]CC1. The Hall–Kier alpha value is -2.15. The quantitative estimate of drug-likeness (QED) is 0.289. The minimum Gasteiger partial charge on any atom is -0.456 e. The van der Waals surface area contributed by atoms with Crippen LogP contribution >= 0.6 is 12.2 Å². The minimum atomic E-state index is -0.695. The van der Waals surface area contributed by atoms with Crippen LogP contribution in [0.3, 0.4) is 0 Å². The van der Waals surface area contributed by atoms with Gasteiger partial charge in [-0.3, -0.25) is 10.1 Å². The monoisotopic (exact) mass is 350 g/mol. The van der Waals surface area contributed by atoms with Crippen molar-refractivity contribution >= 4 is 34.7 Å². The number of isothiocyanates is 1. The molecule has 0 atom stereocenters. The maximum atomic E-state index is 12.5. The van der Waals surface area contributed by atoms with E-state index in [1.165, 1.54) is 18.2 Å². The molecule has 0 bridgehead atoms. The number of nitro groups is 1. The largest absolute Gasteiger partial charge is 0.456 e. The third kappa shape index (κ3) is 4.23. The van der Waals surface area contributed by atoms with Crippen molar-refractivity contribution in [2.75, 3.05) is 13.1 Å². The standard InChI is InChI=1S/C16H19N3O4S/c1-16(2,11-5-7-17-8-6-11)23-15(20)13-4-3-12(18-10-24)9-14(13)19(21)22/h3-4,9,11,17H,5-8H2,1-2H3/p+1. The fourth-order valence-electron chi connectivity index (χ4n) is 2.97. The molecule has 0 aromatic heterocycles. The molecule has 1 aromatic carbocycles. The first-order valence-electron chi connectivity index (χ1n) is 7.76. The van der Waals surface area contributed by atoms with Crippen molar-refractivity contribution in [3.05, 3.63) is 33.9 Å². The van der Waals surface area contributed by atoms with E-state index in [0.717, 1.165) is 25.9 Å². The highest BCUT2D eigenvalue weighted by Gasteiger charge is 2.36. The first-order valence-corrected chi connectivity index (χ1v) is 8.17. The zero-order chi connectivity index (χ0) is 17.7. The van der Waals surface area contributed by atoms with E-state index in [0.29, 0.717) is 0 Å². The summed E-state index contributed by atoms with van der Waals surface area (Å²) in [4.78, 5) is 26.8. The van der Waals surface area contributed by atoms with Gasteiger partial charge in [-0.2, -0.15) is 4.99 Å². The number of ether oxygens (including phenoxy) is 1. The lowest BCUT2D eigenvalue weighted by atomic mass is 9.83. The van der Waals surface area contributed by atoms with Gasteiger partial charge in [-0.25, -0.2) is 4.79 Å². The zero-order valence-corrected chi connectivity index (χ0v) is 14.5. The Balaban J connectivity index is 2.25. The van der Waals surface area contributed by atoms with Gasteiger partial charge in [0.25, 0.3) is 5.69 Å². The van der Waals surface area contributed by atoms with Crippen molar-refractivity contribution < 1.29 is 19.8 Å². The second-order valence-electron chi connectivity index (χ2n) is 6.29. The van der Waals surface area contributed by atoms with E-state index in [-0.39, 0.29) is 22.9 Å². The first kappa shape index (κ1) is 18.2. The van der Waals surface area contributed by atoms with Crippen LogP contribution in [-0.2, 0) is 4.74 Å². The molecule has 1 aliphatic heterocycles. The van der Waals surface area contributed by atoms with E-state index in [1.807, 2.05) is 13.8 Å². The summed E-state index contributed by atoms with van der Waals surface area (Å²) in [6, 6.07) is 4.01. The molecule has 1 saturated heterocycles. The lowest BCUT2D eigenvalue weighted by Gasteiger charge is -2.35. The van der Waals surface area contributed by atoms with Gasteiger partial charge in [-0.15, -0.1) is 0 Å². The van der Waals surface area contributed by atoms with Gasteiger partial charge < -0.3 is 10.1 Å². The van der Waals surface area contributed by atoms with Crippen LogP contribution in [-0.4, -0.2) is 34.7 Å². The number of hydrogen-bond acceptors (Lipinski definition) is 6. The van der Waals surface area contributed by atoms with Crippen LogP contribution in [0.15, 0.2) is 23.2 Å². The van der Waals surface area contributed by atoms with Gasteiger partial charge >= 0.3 is 5.97 Å². The van der Waals surface area contributed by atoms with Crippen LogP contribution in [0.2, 0.25) is 0 Å². The van der Waals surface area contributed by atoms with E-state index in [4.69, 9.17) is 4.74 Å². The highest BCUT2D eigenvalue weighted by Crippen LogP contribution is 2.31. The molecule has 7 nitrogen and oxygen atoms in total. The normalized spacial score (nSPS) is 15.4. The van der Waals surface area contributed by atoms with Gasteiger partial charge in [0.15, 0.2) is 0 Å². The summed E-state index contributed by atoms with van der Waals surface area (Å²) in [5.41, 5.74) is -0.835. The van der Waals surface area contributed by atoms with Crippen LogP contribution in [0.25, 0.3) is 0 Å². The van der Waals surface area contributed by atoms with E-state index in [1.54, 1.807) is 0 Å². The van der Waals surface area contributed by atoms with Crippen LogP contribution in [0.5, 0.6) is 0 Å². The molecular formula is C16H20N3O4S+. The highest BCUT2D eigenvalue weighted by atomic mass is 32.1. The number of benzene rings is 1. The number of rotatable bonds is 5. The molecule has 1 aromatic rings. The van der Waals surface area contributed by atoms with Crippen molar-refractivity contribution in [3.8, 4) is 0 Å². The lowest BCUT2D eigenvalue weighted by Crippen LogP contribution is -2.86. The number of aliphatic imine (C=N–C) groups is 1. The number of carbonyl (C=O) groups is 1. The second-order valence-corrected chi connectivity index (χ2v) is 6.48. The number of nitrogens with zero attached hydrogens (tertiary/aromatic N) is 2. The summed E-state index contributed by atoms with van der Waals surface area (Å²) < 4.78 is 5.63. The fourth-order valence-corrected chi connectivity index (χ4v) is 3.07. The van der Waals surface area contributed by atoms with E-state index < -0.39 is 16.5 Å². The number of esters is 1. The number of quaternary nitrogens is 1. The van der Waals surface area contributed by atoms with Gasteiger partial charge in [0.2, 0.25) is 0 Å². The molecule has 8 heteroatoms. The Morgan fingerprint density at radius 1 is 1.46 bits per heavy atom. The molecule has 2 N–H and O–H groups in total. The fraction of sp³-hybridized carbons (Fsp3) is 0.500. The topological polar surface area (TPSA) is 98.4 Å². The predicted molar refractivity (Wildman–Crippen MR) is 91.7 cm³/mol. The van der Waals surface area contributed by atoms with Crippen LogP contribution in [0, 0.1) is 16.0 Å². The maximum Gasteiger partial charge on any atom is 0.345 e. The molecule has 128 valence electrons. The van der Waals surface area contributed by atoms with Crippen LogP contribution in [0.1, 0.15) is 37.0 Å². The van der Waals surface area contributed by atoms with E-state index in [9.17, 15) is 14.9 Å². The highest BCUT2D eigenvalue weighted by molar-refractivity contribution is 7.78. The summed E-state index contributed by atoms with van der Waals surface area (Å²) in [5, 5.41) is 15.6. The molecular weight excluding hydrogens is 330 g/mol. The number of hydrogen-bond donors (Lipinski definition) is 1. The Bertz CT molecular complexity index is 693. The average Bonchev–Trinajstić information content (AvgIpc) is 2.55. The Morgan fingerprint density at radius 2 is 2.12 bits per heavy atom. The van der Waals surface area contributed by atoms with Crippen molar-refractivity contribution in [2.45, 2.75) is 32.3 Å². The summed E-state index contributed by atoms with van der Waals surface area (Å²) >= 11 is 4.49. The Morgan fingerprint density at radius 3 is 2.71 bits per heavy atom. The average molecular weight is 350 g/mol. The third-order valence-corrected chi connectivity index (χ3v) is 4.44. The smallest absolute Gasteiger partial charge is 0.345 e. The molecule has 0 radical (unpaired) electrons.